The zero-order valence-corrected chi connectivity index (χ0v) is 17.0. The molecule has 154 valence electrons. The van der Waals surface area contributed by atoms with Crippen LogP contribution in [-0.2, 0) is 6.54 Å². The van der Waals surface area contributed by atoms with Gasteiger partial charge in [-0.05, 0) is 36.8 Å². The number of nitrogen functional groups attached to an aromatic ring is 1. The summed E-state index contributed by atoms with van der Waals surface area (Å²) in [6.07, 6.45) is 3.31. The zero-order valence-electron chi connectivity index (χ0n) is 17.0. The number of hydrogen-bond acceptors (Lipinski definition) is 6. The van der Waals surface area contributed by atoms with E-state index in [1.807, 2.05) is 31.2 Å². The third kappa shape index (κ3) is 3.15. The molecule has 3 heterocycles. The lowest BCUT2D eigenvalue weighted by Gasteiger charge is -2.15. The minimum atomic E-state index is -0.416. The van der Waals surface area contributed by atoms with Crippen molar-refractivity contribution in [3.8, 4) is 28.3 Å². The molecule has 0 bridgehead atoms. The van der Waals surface area contributed by atoms with E-state index in [-0.39, 0.29) is 12.5 Å². The van der Waals surface area contributed by atoms with Gasteiger partial charge in [-0.2, -0.15) is 0 Å². The van der Waals surface area contributed by atoms with Gasteiger partial charge in [0.25, 0.3) is 0 Å². The highest BCUT2D eigenvalue weighted by atomic mass is 19.1. The molecule has 5 rings (SSSR count). The van der Waals surface area contributed by atoms with E-state index >= 15 is 4.39 Å². The second-order valence-corrected chi connectivity index (χ2v) is 7.28. The minimum Gasteiger partial charge on any atom is -0.496 e. The SMILES string of the molecule is COc1cccc(F)c1C1=NCc2cnc(N)nc2-c2ccc(-c3occc3C)cc21. The molecule has 2 aromatic carbocycles. The number of fused-ring (bicyclic) bond motifs is 3. The van der Waals surface area contributed by atoms with Gasteiger partial charge in [0, 0.05) is 28.5 Å². The van der Waals surface area contributed by atoms with Gasteiger partial charge in [-0.1, -0.05) is 18.2 Å². The molecule has 7 heteroatoms. The molecule has 4 aromatic rings. The predicted molar refractivity (Wildman–Crippen MR) is 117 cm³/mol. The zero-order chi connectivity index (χ0) is 21.5. The maximum Gasteiger partial charge on any atom is 0.220 e. The first-order valence-electron chi connectivity index (χ1n) is 9.74. The molecule has 0 unspecified atom stereocenters. The number of halogens is 1. The number of rotatable bonds is 3. The van der Waals surface area contributed by atoms with Gasteiger partial charge in [-0.3, -0.25) is 4.99 Å². The summed E-state index contributed by atoms with van der Waals surface area (Å²) in [6.45, 7) is 2.26. The number of methoxy groups -OCH3 is 1. The number of nitrogens with two attached hydrogens (primary N) is 1. The predicted octanol–water partition coefficient (Wildman–Crippen LogP) is 4.79. The third-order valence-corrected chi connectivity index (χ3v) is 5.38. The van der Waals surface area contributed by atoms with Crippen LogP contribution >= 0.6 is 0 Å². The molecule has 6 nitrogen and oxygen atoms in total. The van der Waals surface area contributed by atoms with Crippen LogP contribution in [0.1, 0.15) is 22.3 Å². The van der Waals surface area contributed by atoms with Crippen molar-refractivity contribution in [2.45, 2.75) is 13.5 Å². The van der Waals surface area contributed by atoms with Gasteiger partial charge in [0.15, 0.2) is 0 Å². The van der Waals surface area contributed by atoms with Gasteiger partial charge in [-0.25, -0.2) is 14.4 Å². The molecule has 0 saturated heterocycles. The molecule has 1 aliphatic rings. The quantitative estimate of drug-likeness (QED) is 0.521. The molecule has 31 heavy (non-hydrogen) atoms. The monoisotopic (exact) mass is 414 g/mol. The van der Waals surface area contributed by atoms with Crippen molar-refractivity contribution in [3.05, 3.63) is 83.0 Å². The Morgan fingerprint density at radius 1 is 1.13 bits per heavy atom. The smallest absolute Gasteiger partial charge is 0.220 e. The van der Waals surface area contributed by atoms with Crippen LogP contribution in [0.15, 0.2) is 64.3 Å². The van der Waals surface area contributed by atoms with E-state index in [2.05, 4.69) is 9.97 Å². The van der Waals surface area contributed by atoms with Crippen molar-refractivity contribution in [2.75, 3.05) is 12.8 Å². The normalized spacial score (nSPS) is 12.5. The second kappa shape index (κ2) is 7.36. The van der Waals surface area contributed by atoms with Crippen LogP contribution in [-0.4, -0.2) is 22.8 Å². The Kier molecular flexibility index (Phi) is 4.51. The first-order chi connectivity index (χ1) is 15.1. The summed E-state index contributed by atoms with van der Waals surface area (Å²) in [4.78, 5) is 13.3. The highest BCUT2D eigenvalue weighted by molar-refractivity contribution is 6.18. The first-order valence-corrected chi connectivity index (χ1v) is 9.74. The van der Waals surface area contributed by atoms with E-state index in [0.29, 0.717) is 28.3 Å². The molecule has 0 amide bonds. The van der Waals surface area contributed by atoms with E-state index in [1.165, 1.54) is 13.2 Å². The average Bonchev–Trinajstić information content (AvgIpc) is 3.14. The van der Waals surface area contributed by atoms with E-state index < -0.39 is 5.82 Å². The number of benzene rings is 2. The lowest BCUT2D eigenvalue weighted by molar-refractivity contribution is 0.410. The van der Waals surface area contributed by atoms with Crippen LogP contribution in [0, 0.1) is 12.7 Å². The largest absolute Gasteiger partial charge is 0.496 e. The topological polar surface area (TPSA) is 86.5 Å². The Morgan fingerprint density at radius 2 is 2.00 bits per heavy atom. The van der Waals surface area contributed by atoms with Gasteiger partial charge in [0.05, 0.1) is 36.9 Å². The molecule has 2 N–H and O–H groups in total. The summed E-state index contributed by atoms with van der Waals surface area (Å²) in [6, 6.07) is 12.5. The highest BCUT2D eigenvalue weighted by Crippen LogP contribution is 2.37. The molecule has 0 atom stereocenters. The summed E-state index contributed by atoms with van der Waals surface area (Å²) >= 11 is 0. The minimum absolute atomic E-state index is 0.169. The Morgan fingerprint density at radius 3 is 2.77 bits per heavy atom. The van der Waals surface area contributed by atoms with Gasteiger partial charge in [-0.15, -0.1) is 0 Å². The van der Waals surface area contributed by atoms with Gasteiger partial charge < -0.3 is 14.9 Å². The maximum atomic E-state index is 15.1. The van der Waals surface area contributed by atoms with Crippen LogP contribution in [0.5, 0.6) is 5.75 Å². The van der Waals surface area contributed by atoms with Gasteiger partial charge >= 0.3 is 0 Å². The van der Waals surface area contributed by atoms with Crippen LogP contribution in [0.4, 0.5) is 10.3 Å². The van der Waals surface area contributed by atoms with Crippen LogP contribution in [0.2, 0.25) is 0 Å². The van der Waals surface area contributed by atoms with E-state index in [9.17, 15) is 0 Å². The number of furan rings is 1. The van der Waals surface area contributed by atoms with Gasteiger partial charge in [0.1, 0.15) is 17.3 Å². The van der Waals surface area contributed by atoms with Crippen molar-refractivity contribution in [3.63, 3.8) is 0 Å². The highest BCUT2D eigenvalue weighted by Gasteiger charge is 2.26. The lowest BCUT2D eigenvalue weighted by Crippen LogP contribution is -2.10. The molecule has 0 spiro atoms. The number of ether oxygens (including phenoxy) is 1. The fourth-order valence-electron chi connectivity index (χ4n) is 3.89. The molecular weight excluding hydrogens is 395 g/mol. The van der Waals surface area contributed by atoms with Crippen LogP contribution in [0.3, 0.4) is 0 Å². The molecule has 0 aliphatic carbocycles. The number of nitrogens with zero attached hydrogens (tertiary/aromatic N) is 3. The Balaban J connectivity index is 1.82. The van der Waals surface area contributed by atoms with Crippen LogP contribution < -0.4 is 10.5 Å². The van der Waals surface area contributed by atoms with Gasteiger partial charge in [0.2, 0.25) is 5.95 Å². The number of anilines is 1. The summed E-state index contributed by atoms with van der Waals surface area (Å²) < 4.78 is 26.2. The van der Waals surface area contributed by atoms with Crippen molar-refractivity contribution in [1.29, 1.82) is 0 Å². The Bertz CT molecular complexity index is 1340. The second-order valence-electron chi connectivity index (χ2n) is 7.28. The number of aromatic nitrogens is 2. The van der Waals surface area contributed by atoms with Crippen molar-refractivity contribution in [2.24, 2.45) is 4.99 Å². The fourth-order valence-corrected chi connectivity index (χ4v) is 3.89. The lowest BCUT2D eigenvalue weighted by atomic mass is 9.92. The maximum absolute atomic E-state index is 15.1. The molecule has 2 aromatic heterocycles. The molecular formula is C24H19FN4O2. The molecule has 0 fully saturated rings. The average molecular weight is 414 g/mol. The van der Waals surface area contributed by atoms with Crippen molar-refractivity contribution in [1.82, 2.24) is 9.97 Å². The fraction of sp³-hybridized carbons (Fsp3) is 0.125. The Labute approximate surface area is 178 Å². The standard InChI is InChI=1S/C24H19FN4O2/c1-13-8-9-31-23(13)14-6-7-16-17(10-14)22(20-18(25)4-3-5-19(20)30-2)27-11-15-12-28-24(26)29-21(15)16/h3-10,12H,11H2,1-2H3,(H2,26,28,29). The van der Waals surface area contributed by atoms with E-state index in [1.54, 1.807) is 24.6 Å². The van der Waals surface area contributed by atoms with Crippen molar-refractivity contribution < 1.29 is 13.5 Å². The van der Waals surface area contributed by atoms with Crippen molar-refractivity contribution >= 4 is 11.7 Å². The number of aliphatic imine (C=N–C) groups is 1. The van der Waals surface area contributed by atoms with E-state index in [0.717, 1.165) is 28.0 Å². The Hall–Kier alpha value is -4.00. The molecule has 0 radical (unpaired) electrons. The molecule has 1 aliphatic heterocycles. The summed E-state index contributed by atoms with van der Waals surface area (Å²) in [5.41, 5.74) is 11.5. The van der Waals surface area contributed by atoms with E-state index in [4.69, 9.17) is 19.9 Å². The summed E-state index contributed by atoms with van der Waals surface area (Å²) in [5.74, 6) is 0.901. The number of aryl methyl sites for hydroxylation is 1. The summed E-state index contributed by atoms with van der Waals surface area (Å²) in [7, 11) is 1.51. The van der Waals surface area contributed by atoms with Crippen LogP contribution in [0.25, 0.3) is 22.6 Å². The third-order valence-electron chi connectivity index (χ3n) is 5.38. The number of hydrogen-bond donors (Lipinski definition) is 1. The summed E-state index contributed by atoms with van der Waals surface area (Å²) in [5, 5.41) is 0. The molecule has 0 saturated carbocycles. The first kappa shape index (κ1) is 19.0.